The van der Waals surface area contributed by atoms with Crippen LogP contribution in [0.2, 0.25) is 0 Å². The van der Waals surface area contributed by atoms with E-state index >= 15 is 0 Å². The largest absolute Gasteiger partial charge is 0.398 e. The third kappa shape index (κ3) is 3.56. The van der Waals surface area contributed by atoms with Gasteiger partial charge in [0.05, 0.1) is 0 Å². The molecule has 168 valence electrons. The van der Waals surface area contributed by atoms with Crippen LogP contribution in [-0.2, 0) is 0 Å². The summed E-state index contributed by atoms with van der Waals surface area (Å²) in [6, 6.07) is 0. The van der Waals surface area contributed by atoms with Gasteiger partial charge in [-0.05, 0) is 104 Å². The van der Waals surface area contributed by atoms with Gasteiger partial charge in [0.15, 0.2) is 0 Å². The zero-order valence-corrected chi connectivity index (χ0v) is 20.1. The highest BCUT2D eigenvalue weighted by Gasteiger charge is 2.60. The Kier molecular flexibility index (Phi) is 5.92. The fourth-order valence-corrected chi connectivity index (χ4v) is 8.93. The van der Waals surface area contributed by atoms with Gasteiger partial charge in [-0.2, -0.15) is 0 Å². The van der Waals surface area contributed by atoms with Crippen LogP contribution in [0.25, 0.3) is 0 Å². The lowest BCUT2D eigenvalue weighted by Crippen LogP contribution is -2.53. The van der Waals surface area contributed by atoms with E-state index in [4.69, 9.17) is 5.73 Å². The summed E-state index contributed by atoms with van der Waals surface area (Å²) < 4.78 is 0. The highest BCUT2D eigenvalue weighted by molar-refractivity contribution is 5.19. The highest BCUT2D eigenvalue weighted by Crippen LogP contribution is 2.68. The molecule has 8 unspecified atom stereocenters. The van der Waals surface area contributed by atoms with E-state index < -0.39 is 0 Å². The summed E-state index contributed by atoms with van der Waals surface area (Å²) in [7, 11) is 2.11. The molecule has 8 atom stereocenters. The predicted molar refractivity (Wildman–Crippen MR) is 129 cm³/mol. The van der Waals surface area contributed by atoms with Gasteiger partial charge >= 0.3 is 0 Å². The molecule has 0 radical (unpaired) electrons. The molecule has 4 rings (SSSR count). The summed E-state index contributed by atoms with van der Waals surface area (Å²) in [5.41, 5.74) is 9.18. The molecule has 4 aliphatic carbocycles. The standard InChI is InChI=1S/C28H46N2/c1-7-22(29)18-30(6)17-20(3)24-10-11-25-23-9-8-21-16-19(2)12-14-27(21,4)26(23)13-15-28(24,25)5/h7,18-19,21,23-26H,1,3,8-17,29H2,2,4-6H3/b22-18+. The Balaban J connectivity index is 1.49. The summed E-state index contributed by atoms with van der Waals surface area (Å²) in [4.78, 5) is 2.19. The summed E-state index contributed by atoms with van der Waals surface area (Å²) >= 11 is 0. The van der Waals surface area contributed by atoms with Crippen molar-refractivity contribution < 1.29 is 0 Å². The van der Waals surface area contributed by atoms with Crippen LogP contribution in [-0.4, -0.2) is 18.5 Å². The van der Waals surface area contributed by atoms with E-state index in [0.717, 1.165) is 41.8 Å². The molecule has 0 bridgehead atoms. The van der Waals surface area contributed by atoms with Crippen LogP contribution in [0.3, 0.4) is 0 Å². The topological polar surface area (TPSA) is 29.3 Å². The molecular weight excluding hydrogens is 364 g/mol. The number of allylic oxidation sites excluding steroid dienone is 1. The maximum atomic E-state index is 5.95. The summed E-state index contributed by atoms with van der Waals surface area (Å²) in [5, 5.41) is 0. The Hall–Kier alpha value is -1.18. The van der Waals surface area contributed by atoms with Crippen LogP contribution in [0.15, 0.2) is 36.7 Å². The fourth-order valence-electron chi connectivity index (χ4n) is 8.93. The van der Waals surface area contributed by atoms with Crippen LogP contribution in [0.1, 0.15) is 78.6 Å². The van der Waals surface area contributed by atoms with Crippen LogP contribution in [0, 0.1) is 46.3 Å². The first kappa shape index (κ1) is 22.0. The first-order valence-electron chi connectivity index (χ1n) is 12.7. The Morgan fingerprint density at radius 3 is 2.47 bits per heavy atom. The van der Waals surface area contributed by atoms with Crippen molar-refractivity contribution in [2.24, 2.45) is 52.1 Å². The summed E-state index contributed by atoms with van der Waals surface area (Å²) in [6.07, 6.45) is 16.8. The number of nitrogens with two attached hydrogens (primary N) is 1. The lowest BCUT2D eigenvalue weighted by Gasteiger charge is -2.61. The SMILES string of the molecule is C=C/C(N)=C\N(C)CC(=C)C1CCC2C3CCC4CC(C)CCC4(C)C3CCC12C. The zero-order valence-electron chi connectivity index (χ0n) is 20.1. The molecular formula is C28H46N2. The number of nitrogens with zero attached hydrogens (tertiary/aromatic N) is 1. The van der Waals surface area contributed by atoms with Crippen molar-refractivity contribution in [2.45, 2.75) is 78.6 Å². The molecule has 4 aliphatic rings. The van der Waals surface area contributed by atoms with E-state index in [0.29, 0.717) is 16.7 Å². The fraction of sp³-hybridized carbons (Fsp3) is 0.786. The molecule has 0 spiro atoms. The van der Waals surface area contributed by atoms with Gasteiger partial charge in [0.1, 0.15) is 0 Å². The second-order valence-corrected chi connectivity index (χ2v) is 12.1. The van der Waals surface area contributed by atoms with Crippen molar-refractivity contribution in [2.75, 3.05) is 13.6 Å². The van der Waals surface area contributed by atoms with Crippen LogP contribution < -0.4 is 5.73 Å². The summed E-state index contributed by atoms with van der Waals surface area (Å²) in [6.45, 7) is 17.1. The minimum absolute atomic E-state index is 0.456. The molecule has 2 nitrogen and oxygen atoms in total. The molecule has 4 fully saturated rings. The average molecular weight is 411 g/mol. The van der Waals surface area contributed by atoms with Gasteiger partial charge in [-0.1, -0.05) is 45.9 Å². The molecule has 0 aromatic carbocycles. The minimum atomic E-state index is 0.456. The van der Waals surface area contributed by atoms with Crippen molar-refractivity contribution >= 4 is 0 Å². The second-order valence-electron chi connectivity index (χ2n) is 12.1. The van der Waals surface area contributed by atoms with Crippen LogP contribution >= 0.6 is 0 Å². The first-order valence-corrected chi connectivity index (χ1v) is 12.7. The van der Waals surface area contributed by atoms with Crippen molar-refractivity contribution in [3.8, 4) is 0 Å². The number of likely N-dealkylation sites (N-methyl/N-ethyl adjacent to an activating group) is 1. The van der Waals surface area contributed by atoms with E-state index in [9.17, 15) is 0 Å². The number of fused-ring (bicyclic) bond motifs is 5. The second kappa shape index (κ2) is 8.06. The number of hydrogen-bond acceptors (Lipinski definition) is 2. The molecule has 0 amide bonds. The third-order valence-corrected chi connectivity index (χ3v) is 10.5. The van der Waals surface area contributed by atoms with Crippen LogP contribution in [0.5, 0.6) is 0 Å². The lowest BCUT2D eigenvalue weighted by molar-refractivity contribution is -0.115. The molecule has 2 N–H and O–H groups in total. The first-order chi connectivity index (χ1) is 14.2. The average Bonchev–Trinajstić information content (AvgIpc) is 3.05. The molecule has 4 saturated carbocycles. The van der Waals surface area contributed by atoms with Gasteiger partial charge < -0.3 is 10.6 Å². The van der Waals surface area contributed by atoms with Gasteiger partial charge in [-0.15, -0.1) is 0 Å². The molecule has 0 heterocycles. The van der Waals surface area contributed by atoms with Gasteiger partial charge in [-0.3, -0.25) is 0 Å². The zero-order chi connectivity index (χ0) is 21.7. The molecule has 30 heavy (non-hydrogen) atoms. The monoisotopic (exact) mass is 410 g/mol. The lowest BCUT2D eigenvalue weighted by atomic mass is 9.44. The predicted octanol–water partition coefficient (Wildman–Crippen LogP) is 6.76. The quantitative estimate of drug-likeness (QED) is 0.401. The van der Waals surface area contributed by atoms with Crippen molar-refractivity contribution in [3.63, 3.8) is 0 Å². The Bertz CT molecular complexity index is 707. The van der Waals surface area contributed by atoms with E-state index in [2.05, 4.69) is 45.9 Å². The van der Waals surface area contributed by atoms with Gasteiger partial charge in [0, 0.05) is 25.5 Å². The normalized spacial score (nSPS) is 45.8. The Labute approximate surface area is 186 Å². The molecule has 0 aliphatic heterocycles. The molecule has 2 heteroatoms. The van der Waals surface area contributed by atoms with Gasteiger partial charge in [0.25, 0.3) is 0 Å². The molecule has 0 aromatic rings. The third-order valence-electron chi connectivity index (χ3n) is 10.5. The summed E-state index contributed by atoms with van der Waals surface area (Å²) in [5.74, 6) is 5.47. The van der Waals surface area contributed by atoms with Crippen LogP contribution in [0.4, 0.5) is 0 Å². The maximum absolute atomic E-state index is 5.95. The minimum Gasteiger partial charge on any atom is -0.398 e. The van der Waals surface area contributed by atoms with Crippen molar-refractivity contribution in [1.82, 2.24) is 4.90 Å². The van der Waals surface area contributed by atoms with E-state index in [1.807, 2.05) is 6.20 Å². The highest BCUT2D eigenvalue weighted by atomic mass is 15.1. The Morgan fingerprint density at radius 1 is 1.03 bits per heavy atom. The van der Waals surface area contributed by atoms with E-state index in [-0.39, 0.29) is 0 Å². The van der Waals surface area contributed by atoms with Crippen molar-refractivity contribution in [3.05, 3.63) is 36.7 Å². The molecule has 0 aromatic heterocycles. The number of rotatable bonds is 5. The van der Waals surface area contributed by atoms with Gasteiger partial charge in [-0.25, -0.2) is 0 Å². The maximum Gasteiger partial charge on any atom is 0.0469 e. The van der Waals surface area contributed by atoms with E-state index in [1.165, 1.54) is 63.4 Å². The smallest absolute Gasteiger partial charge is 0.0469 e. The molecule has 0 saturated heterocycles. The number of hydrogen-bond donors (Lipinski definition) is 1. The van der Waals surface area contributed by atoms with Crippen molar-refractivity contribution in [1.29, 1.82) is 0 Å². The Morgan fingerprint density at radius 2 is 1.73 bits per heavy atom. The van der Waals surface area contributed by atoms with E-state index in [1.54, 1.807) is 6.08 Å². The van der Waals surface area contributed by atoms with Gasteiger partial charge in [0.2, 0.25) is 0 Å².